The Bertz CT molecular complexity index is 999. The zero-order valence-electron chi connectivity index (χ0n) is 16.9. The number of amides is 2. The van der Waals surface area contributed by atoms with Crippen LogP contribution in [0.4, 0.5) is 9.18 Å². The van der Waals surface area contributed by atoms with Gasteiger partial charge in [0, 0.05) is 31.0 Å². The predicted molar refractivity (Wildman–Crippen MR) is 114 cm³/mol. The molecule has 2 aliphatic heterocycles. The van der Waals surface area contributed by atoms with Gasteiger partial charge < -0.3 is 9.64 Å². The van der Waals surface area contributed by atoms with Gasteiger partial charge in [-0.25, -0.2) is 14.2 Å². The zero-order chi connectivity index (χ0) is 20.9. The van der Waals surface area contributed by atoms with E-state index in [0.29, 0.717) is 30.1 Å². The van der Waals surface area contributed by atoms with E-state index in [1.165, 1.54) is 12.1 Å². The zero-order valence-corrected chi connectivity index (χ0v) is 16.9. The molecule has 3 aliphatic rings. The summed E-state index contributed by atoms with van der Waals surface area (Å²) in [5.74, 6) is 6.28. The van der Waals surface area contributed by atoms with Crippen molar-refractivity contribution < 1.29 is 13.9 Å². The molecule has 1 aliphatic carbocycles. The number of fused-ring (bicyclic) bond motifs is 1. The molecule has 0 aromatic heterocycles. The topological polar surface area (TPSA) is 45.1 Å². The molecule has 2 fully saturated rings. The standard InChI is InChI=1S/C24H24FN3O2/c1-30-15-14-27-21-9-5-10-22(21)28(24(27)29)23-11-3-2-6-19(17-26-23)13-12-18-7-4-8-20(25)16-18/h2-4,6-8,11,16-17,21-22H,5,9-10,14-15H2,1H3/b3-2?,6-2+,11-3?,19-6?,19-17+,23-11?,26-17?,26-23?/t21-,22+/m0/s1. The first-order chi connectivity index (χ1) is 14.7. The second-order valence-electron chi connectivity index (χ2n) is 7.45. The van der Waals surface area contributed by atoms with Crippen LogP contribution in [-0.4, -0.2) is 54.0 Å². The number of amidine groups is 1. The lowest BCUT2D eigenvalue weighted by molar-refractivity contribution is 0.145. The number of carbonyl (C=O) groups is 1. The van der Waals surface area contributed by atoms with Crippen LogP contribution in [0.1, 0.15) is 24.8 Å². The Labute approximate surface area is 176 Å². The Morgan fingerprint density at radius 3 is 2.87 bits per heavy atom. The number of rotatable bonds is 3. The average Bonchev–Trinajstić information content (AvgIpc) is 3.27. The summed E-state index contributed by atoms with van der Waals surface area (Å²) in [7, 11) is 1.65. The molecule has 5 nitrogen and oxygen atoms in total. The molecule has 0 spiro atoms. The number of allylic oxidation sites excluding steroid dienone is 4. The Hall–Kier alpha value is -3.17. The summed E-state index contributed by atoms with van der Waals surface area (Å²) in [4.78, 5) is 21.4. The summed E-state index contributed by atoms with van der Waals surface area (Å²) in [6, 6.07) is 6.50. The number of ether oxygens (including phenoxy) is 1. The molecule has 154 valence electrons. The number of hydrogen-bond donors (Lipinski definition) is 0. The van der Waals surface area contributed by atoms with Crippen LogP contribution in [-0.2, 0) is 4.74 Å². The smallest absolute Gasteiger partial charge is 0.326 e. The second-order valence-corrected chi connectivity index (χ2v) is 7.45. The SMILES string of the molecule is COCCN1C(=O)N(C2=N/C=C(C#Cc3cccc(F)c3)\C=C\C=C2)[C@@H]2CCC[C@@H]21. The fourth-order valence-corrected chi connectivity index (χ4v) is 4.18. The molecule has 0 bridgehead atoms. The molecule has 0 unspecified atom stereocenters. The number of urea groups is 1. The minimum atomic E-state index is -0.316. The number of nitrogens with zero attached hydrogens (tertiary/aromatic N) is 3. The van der Waals surface area contributed by atoms with Gasteiger partial charge in [-0.05, 0) is 49.6 Å². The third-order valence-electron chi connectivity index (χ3n) is 5.55. The maximum Gasteiger partial charge on any atom is 0.326 e. The highest BCUT2D eigenvalue weighted by Gasteiger charge is 2.49. The van der Waals surface area contributed by atoms with Gasteiger partial charge in [0.1, 0.15) is 11.7 Å². The Morgan fingerprint density at radius 2 is 2.03 bits per heavy atom. The van der Waals surface area contributed by atoms with Gasteiger partial charge in [-0.3, -0.25) is 4.90 Å². The molecule has 1 saturated carbocycles. The first-order valence-corrected chi connectivity index (χ1v) is 10.2. The average molecular weight is 405 g/mol. The molecule has 1 saturated heterocycles. The fourth-order valence-electron chi connectivity index (χ4n) is 4.18. The lowest BCUT2D eigenvalue weighted by Crippen LogP contribution is -2.39. The fraction of sp³-hybridized carbons (Fsp3) is 0.333. The highest BCUT2D eigenvalue weighted by atomic mass is 19.1. The Morgan fingerprint density at radius 1 is 1.20 bits per heavy atom. The molecule has 2 atom stereocenters. The number of halogens is 1. The van der Waals surface area contributed by atoms with Crippen molar-refractivity contribution in [3.05, 3.63) is 71.7 Å². The minimum absolute atomic E-state index is 0.0181. The number of aliphatic imine (C=N–C) groups is 1. The van der Waals surface area contributed by atoms with E-state index in [0.717, 1.165) is 19.3 Å². The van der Waals surface area contributed by atoms with E-state index in [2.05, 4.69) is 16.8 Å². The molecule has 1 aromatic carbocycles. The summed E-state index contributed by atoms with van der Waals surface area (Å²) < 4.78 is 18.5. The van der Waals surface area contributed by atoms with Gasteiger partial charge in [0.15, 0.2) is 0 Å². The van der Waals surface area contributed by atoms with Crippen LogP contribution in [0, 0.1) is 17.7 Å². The largest absolute Gasteiger partial charge is 0.383 e. The van der Waals surface area contributed by atoms with Gasteiger partial charge in [0.05, 0.1) is 18.7 Å². The van der Waals surface area contributed by atoms with Crippen LogP contribution < -0.4 is 0 Å². The van der Waals surface area contributed by atoms with E-state index in [-0.39, 0.29) is 23.9 Å². The molecular weight excluding hydrogens is 381 g/mol. The summed E-state index contributed by atoms with van der Waals surface area (Å²) in [5, 5.41) is 0. The van der Waals surface area contributed by atoms with Crippen LogP contribution in [0.15, 0.2) is 65.3 Å². The Balaban J connectivity index is 1.59. The number of benzene rings is 1. The van der Waals surface area contributed by atoms with Gasteiger partial charge in [0.25, 0.3) is 0 Å². The number of carbonyl (C=O) groups excluding carboxylic acids is 1. The molecule has 2 amide bonds. The van der Waals surface area contributed by atoms with Crippen LogP contribution in [0.2, 0.25) is 0 Å². The van der Waals surface area contributed by atoms with Gasteiger partial charge in [-0.2, -0.15) is 0 Å². The molecule has 0 N–H and O–H groups in total. The molecule has 1 aromatic rings. The maximum absolute atomic E-state index is 13.4. The van der Waals surface area contributed by atoms with Crippen molar-refractivity contribution in [3.8, 4) is 11.8 Å². The molecular formula is C24H24FN3O2. The Kier molecular flexibility index (Phi) is 6.10. The monoisotopic (exact) mass is 405 g/mol. The number of hydrogen-bond acceptors (Lipinski definition) is 3. The van der Waals surface area contributed by atoms with Gasteiger partial charge in [-0.15, -0.1) is 0 Å². The van der Waals surface area contributed by atoms with E-state index >= 15 is 0 Å². The van der Waals surface area contributed by atoms with Gasteiger partial charge in [-0.1, -0.05) is 30.1 Å². The van der Waals surface area contributed by atoms with Crippen LogP contribution in [0.3, 0.4) is 0 Å². The molecule has 4 rings (SSSR count). The molecule has 2 heterocycles. The van der Waals surface area contributed by atoms with Crippen LogP contribution in [0.25, 0.3) is 0 Å². The van der Waals surface area contributed by atoms with E-state index < -0.39 is 0 Å². The van der Waals surface area contributed by atoms with Crippen molar-refractivity contribution in [2.24, 2.45) is 4.99 Å². The van der Waals surface area contributed by atoms with Crippen molar-refractivity contribution in [1.29, 1.82) is 0 Å². The lowest BCUT2D eigenvalue weighted by atomic mass is 10.1. The van der Waals surface area contributed by atoms with Crippen molar-refractivity contribution in [1.82, 2.24) is 9.80 Å². The minimum Gasteiger partial charge on any atom is -0.383 e. The van der Waals surface area contributed by atoms with E-state index in [4.69, 9.17) is 4.74 Å². The highest BCUT2D eigenvalue weighted by Crippen LogP contribution is 2.36. The summed E-state index contributed by atoms with van der Waals surface area (Å²) >= 11 is 0. The lowest BCUT2D eigenvalue weighted by Gasteiger charge is -2.22. The molecule has 30 heavy (non-hydrogen) atoms. The summed E-state index contributed by atoms with van der Waals surface area (Å²) in [6.07, 6.45) is 12.2. The van der Waals surface area contributed by atoms with Crippen molar-refractivity contribution >= 4 is 11.9 Å². The van der Waals surface area contributed by atoms with E-state index in [1.54, 1.807) is 25.4 Å². The summed E-state index contributed by atoms with van der Waals surface area (Å²) in [5.41, 5.74) is 1.29. The van der Waals surface area contributed by atoms with E-state index in [1.807, 2.05) is 34.1 Å². The number of methoxy groups -OCH3 is 1. The van der Waals surface area contributed by atoms with Crippen LogP contribution >= 0.6 is 0 Å². The molecule has 0 radical (unpaired) electrons. The highest BCUT2D eigenvalue weighted by molar-refractivity contribution is 6.06. The first kappa shape index (κ1) is 20.1. The summed E-state index contributed by atoms with van der Waals surface area (Å²) in [6.45, 7) is 1.11. The maximum atomic E-state index is 13.4. The quantitative estimate of drug-likeness (QED) is 0.717. The normalized spacial score (nSPS) is 25.6. The van der Waals surface area contributed by atoms with Crippen LogP contribution in [0.5, 0.6) is 0 Å². The second kappa shape index (κ2) is 9.10. The van der Waals surface area contributed by atoms with Gasteiger partial charge >= 0.3 is 6.03 Å². The predicted octanol–water partition coefficient (Wildman–Crippen LogP) is 3.89. The third kappa shape index (κ3) is 4.22. The van der Waals surface area contributed by atoms with E-state index in [9.17, 15) is 9.18 Å². The van der Waals surface area contributed by atoms with Crippen molar-refractivity contribution in [3.63, 3.8) is 0 Å². The third-order valence-corrected chi connectivity index (χ3v) is 5.55. The first-order valence-electron chi connectivity index (χ1n) is 10.2. The van der Waals surface area contributed by atoms with Gasteiger partial charge in [0.2, 0.25) is 0 Å². The van der Waals surface area contributed by atoms with Crippen molar-refractivity contribution in [2.45, 2.75) is 31.3 Å². The van der Waals surface area contributed by atoms with Crippen molar-refractivity contribution in [2.75, 3.05) is 20.3 Å². The molecule has 6 heteroatoms.